The monoisotopic (exact) mass is 239 g/mol. The van der Waals surface area contributed by atoms with Gasteiger partial charge in [0.25, 0.3) is 0 Å². The maximum Gasteiger partial charge on any atom is 0.193 e. The zero-order valence-electron chi connectivity index (χ0n) is 12.2. The van der Waals surface area contributed by atoms with Gasteiger partial charge in [-0.05, 0) is 30.6 Å². The van der Waals surface area contributed by atoms with E-state index in [9.17, 15) is 0 Å². The molecule has 1 aliphatic rings. The summed E-state index contributed by atoms with van der Waals surface area (Å²) in [6.07, 6.45) is 3.78. The highest BCUT2D eigenvalue weighted by Gasteiger charge is 2.30. The minimum absolute atomic E-state index is 0.440. The van der Waals surface area contributed by atoms with Gasteiger partial charge in [0, 0.05) is 26.7 Å². The first kappa shape index (κ1) is 14.3. The smallest absolute Gasteiger partial charge is 0.193 e. The summed E-state index contributed by atoms with van der Waals surface area (Å²) >= 11 is 0. The van der Waals surface area contributed by atoms with Crippen LogP contribution in [0, 0.1) is 11.3 Å². The van der Waals surface area contributed by atoms with E-state index in [0.717, 1.165) is 31.5 Å². The van der Waals surface area contributed by atoms with E-state index >= 15 is 0 Å². The van der Waals surface area contributed by atoms with E-state index in [1.54, 1.807) is 0 Å². The van der Waals surface area contributed by atoms with Crippen molar-refractivity contribution >= 4 is 5.96 Å². The Labute approximate surface area is 107 Å². The minimum atomic E-state index is 0.440. The third-order valence-corrected chi connectivity index (χ3v) is 3.43. The molecule has 1 saturated heterocycles. The van der Waals surface area contributed by atoms with Crippen LogP contribution in [0.4, 0.5) is 0 Å². The molecule has 17 heavy (non-hydrogen) atoms. The highest BCUT2D eigenvalue weighted by molar-refractivity contribution is 5.80. The number of rotatable bonds is 4. The molecule has 1 fully saturated rings. The van der Waals surface area contributed by atoms with Crippen molar-refractivity contribution in [2.75, 3.05) is 26.7 Å². The van der Waals surface area contributed by atoms with Crippen LogP contribution in [-0.2, 0) is 0 Å². The van der Waals surface area contributed by atoms with Crippen LogP contribution >= 0.6 is 0 Å². The van der Waals surface area contributed by atoms with Crippen LogP contribution in [0.3, 0.4) is 0 Å². The fraction of sp³-hybridized carbons (Fsp3) is 0.929. The maximum absolute atomic E-state index is 4.38. The molecule has 0 saturated carbocycles. The summed E-state index contributed by atoms with van der Waals surface area (Å²) in [5.41, 5.74) is 0.440. The van der Waals surface area contributed by atoms with Gasteiger partial charge in [0.15, 0.2) is 5.96 Å². The summed E-state index contributed by atoms with van der Waals surface area (Å²) in [5, 5.41) is 3.48. The molecule has 0 amide bonds. The minimum Gasteiger partial charge on any atom is -0.356 e. The van der Waals surface area contributed by atoms with Gasteiger partial charge in [-0.2, -0.15) is 0 Å². The van der Waals surface area contributed by atoms with E-state index in [-0.39, 0.29) is 0 Å². The number of guanidine groups is 1. The zero-order chi connectivity index (χ0) is 12.9. The number of nitrogens with one attached hydrogen (secondary N) is 1. The highest BCUT2D eigenvalue weighted by Crippen LogP contribution is 2.28. The molecule has 1 aliphatic heterocycles. The van der Waals surface area contributed by atoms with E-state index in [0.29, 0.717) is 5.41 Å². The predicted octanol–water partition coefficient (Wildman–Crippen LogP) is 2.73. The van der Waals surface area contributed by atoms with Crippen LogP contribution in [0.5, 0.6) is 0 Å². The van der Waals surface area contributed by atoms with Crippen molar-refractivity contribution in [3.63, 3.8) is 0 Å². The second kappa shape index (κ2) is 6.27. The molecule has 1 rings (SSSR count). The lowest BCUT2D eigenvalue weighted by molar-refractivity contribution is 0.369. The SMILES string of the molecule is CN=C(NCCCC(C)C)N1CCC(C)(C)C1. The van der Waals surface area contributed by atoms with Crippen molar-refractivity contribution in [2.45, 2.75) is 47.0 Å². The van der Waals surface area contributed by atoms with Gasteiger partial charge in [0.1, 0.15) is 0 Å². The summed E-state index contributed by atoms with van der Waals surface area (Å²) < 4.78 is 0. The molecule has 1 N–H and O–H groups in total. The summed E-state index contributed by atoms with van der Waals surface area (Å²) in [5.74, 6) is 1.88. The van der Waals surface area contributed by atoms with Gasteiger partial charge in [0.2, 0.25) is 0 Å². The second-order valence-corrected chi connectivity index (χ2v) is 6.35. The average Bonchev–Trinajstić information content (AvgIpc) is 2.58. The first-order valence-electron chi connectivity index (χ1n) is 6.90. The molecule has 0 aromatic heterocycles. The number of likely N-dealkylation sites (tertiary alicyclic amines) is 1. The molecule has 0 radical (unpaired) electrons. The highest BCUT2D eigenvalue weighted by atomic mass is 15.3. The van der Waals surface area contributed by atoms with Gasteiger partial charge in [0.05, 0.1) is 0 Å². The number of aliphatic imine (C=N–C) groups is 1. The fourth-order valence-electron chi connectivity index (χ4n) is 2.34. The average molecular weight is 239 g/mol. The van der Waals surface area contributed by atoms with Crippen LogP contribution in [0.25, 0.3) is 0 Å². The maximum atomic E-state index is 4.38. The van der Waals surface area contributed by atoms with Gasteiger partial charge in [-0.15, -0.1) is 0 Å². The normalized spacial score (nSPS) is 20.1. The number of hydrogen-bond donors (Lipinski definition) is 1. The van der Waals surface area contributed by atoms with Crippen molar-refractivity contribution in [1.82, 2.24) is 10.2 Å². The van der Waals surface area contributed by atoms with Crippen molar-refractivity contribution < 1.29 is 0 Å². The molecule has 0 aromatic carbocycles. The Kier molecular flexibility index (Phi) is 5.29. The molecular weight excluding hydrogens is 210 g/mol. The summed E-state index contributed by atoms with van der Waals surface area (Å²) in [4.78, 5) is 6.77. The number of nitrogens with zero attached hydrogens (tertiary/aromatic N) is 2. The van der Waals surface area contributed by atoms with E-state index in [1.165, 1.54) is 19.3 Å². The summed E-state index contributed by atoms with van der Waals surface area (Å²) in [6.45, 7) is 12.5. The van der Waals surface area contributed by atoms with E-state index in [1.807, 2.05) is 7.05 Å². The lowest BCUT2D eigenvalue weighted by Gasteiger charge is -2.23. The van der Waals surface area contributed by atoms with Gasteiger partial charge in [-0.3, -0.25) is 4.99 Å². The van der Waals surface area contributed by atoms with E-state index in [2.05, 4.69) is 42.9 Å². The molecule has 0 aromatic rings. The molecule has 100 valence electrons. The molecule has 1 heterocycles. The predicted molar refractivity (Wildman–Crippen MR) is 75.4 cm³/mol. The largest absolute Gasteiger partial charge is 0.356 e. The van der Waals surface area contributed by atoms with Crippen LogP contribution in [0.15, 0.2) is 4.99 Å². The van der Waals surface area contributed by atoms with Crippen LogP contribution in [-0.4, -0.2) is 37.5 Å². The first-order valence-corrected chi connectivity index (χ1v) is 6.90. The Balaban J connectivity index is 2.30. The standard InChI is InChI=1S/C14H29N3/c1-12(2)7-6-9-16-13(15-5)17-10-8-14(3,4)11-17/h12H,6-11H2,1-5H3,(H,15,16). The summed E-state index contributed by atoms with van der Waals surface area (Å²) in [7, 11) is 1.89. The van der Waals surface area contributed by atoms with E-state index < -0.39 is 0 Å². The quantitative estimate of drug-likeness (QED) is 0.464. The number of hydrogen-bond acceptors (Lipinski definition) is 1. The Morgan fingerprint density at radius 1 is 1.41 bits per heavy atom. The molecule has 0 unspecified atom stereocenters. The topological polar surface area (TPSA) is 27.6 Å². The van der Waals surface area contributed by atoms with Crippen molar-refractivity contribution in [1.29, 1.82) is 0 Å². The van der Waals surface area contributed by atoms with Crippen LogP contribution in [0.1, 0.15) is 47.0 Å². The van der Waals surface area contributed by atoms with Crippen LogP contribution in [0.2, 0.25) is 0 Å². The molecular formula is C14H29N3. The van der Waals surface area contributed by atoms with Gasteiger partial charge in [-0.25, -0.2) is 0 Å². The molecule has 0 aliphatic carbocycles. The Hall–Kier alpha value is -0.730. The summed E-state index contributed by atoms with van der Waals surface area (Å²) in [6, 6.07) is 0. The molecule has 0 bridgehead atoms. The zero-order valence-corrected chi connectivity index (χ0v) is 12.2. The lowest BCUT2D eigenvalue weighted by Crippen LogP contribution is -2.41. The third-order valence-electron chi connectivity index (χ3n) is 3.43. The van der Waals surface area contributed by atoms with Gasteiger partial charge < -0.3 is 10.2 Å². The van der Waals surface area contributed by atoms with Gasteiger partial charge in [-0.1, -0.05) is 27.7 Å². The second-order valence-electron chi connectivity index (χ2n) is 6.35. The Morgan fingerprint density at radius 3 is 2.59 bits per heavy atom. The fourth-order valence-corrected chi connectivity index (χ4v) is 2.34. The first-order chi connectivity index (χ1) is 7.94. The Bertz CT molecular complexity index is 256. The third kappa shape index (κ3) is 4.97. The lowest BCUT2D eigenvalue weighted by atomic mass is 9.93. The molecule has 0 spiro atoms. The van der Waals surface area contributed by atoms with E-state index in [4.69, 9.17) is 0 Å². The molecule has 3 heteroatoms. The van der Waals surface area contributed by atoms with Crippen LogP contribution < -0.4 is 5.32 Å². The van der Waals surface area contributed by atoms with Crippen molar-refractivity contribution in [2.24, 2.45) is 16.3 Å². The molecule has 0 atom stereocenters. The Morgan fingerprint density at radius 2 is 2.12 bits per heavy atom. The van der Waals surface area contributed by atoms with Gasteiger partial charge >= 0.3 is 0 Å². The molecule has 3 nitrogen and oxygen atoms in total. The van der Waals surface area contributed by atoms with Crippen molar-refractivity contribution in [3.8, 4) is 0 Å². The van der Waals surface area contributed by atoms with Crippen molar-refractivity contribution in [3.05, 3.63) is 0 Å².